The molecule has 0 N–H and O–H groups in total. The van der Waals surface area contributed by atoms with Crippen molar-refractivity contribution in [3.63, 3.8) is 0 Å². The molecule has 0 saturated carbocycles. The molecule has 2 heteroatoms. The monoisotopic (exact) mass is 628 g/mol. The maximum absolute atomic E-state index is 2.39. The van der Waals surface area contributed by atoms with E-state index in [1.54, 1.807) is 0 Å². The highest BCUT2D eigenvalue weighted by Gasteiger charge is 2.16. The molecule has 0 heterocycles. The molecular weight excluding hydrogens is 581 g/mol. The number of anilines is 6. The predicted molar refractivity (Wildman–Crippen MR) is 208 cm³/mol. The van der Waals surface area contributed by atoms with Gasteiger partial charge in [-0.2, -0.15) is 0 Å². The summed E-state index contributed by atoms with van der Waals surface area (Å²) in [5, 5.41) is 0. The van der Waals surface area contributed by atoms with Crippen LogP contribution in [-0.2, 0) is 12.8 Å². The van der Waals surface area contributed by atoms with E-state index < -0.39 is 0 Å². The molecule has 0 unspecified atom stereocenters. The first-order valence-corrected chi connectivity index (χ1v) is 17.1. The Morgan fingerprint density at radius 1 is 0.271 bits per heavy atom. The van der Waals surface area contributed by atoms with Gasteiger partial charge in [-0.05, 0) is 197 Å². The van der Waals surface area contributed by atoms with E-state index in [-0.39, 0.29) is 0 Å². The third-order valence-corrected chi connectivity index (χ3v) is 8.95. The summed E-state index contributed by atoms with van der Waals surface area (Å²) in [7, 11) is 0. The van der Waals surface area contributed by atoms with Gasteiger partial charge >= 0.3 is 0 Å². The van der Waals surface area contributed by atoms with E-state index in [0.717, 1.165) is 12.8 Å². The lowest BCUT2D eigenvalue weighted by Gasteiger charge is -2.27. The Morgan fingerprint density at radius 2 is 0.479 bits per heavy atom. The molecule has 0 amide bonds. The number of rotatable bonds is 9. The highest BCUT2D eigenvalue weighted by atomic mass is 15.1. The molecular formula is C46H48N2. The van der Waals surface area contributed by atoms with Gasteiger partial charge in [-0.25, -0.2) is 0 Å². The van der Waals surface area contributed by atoms with Crippen LogP contribution in [0.5, 0.6) is 0 Å². The van der Waals surface area contributed by atoms with Crippen LogP contribution in [-0.4, -0.2) is 0 Å². The van der Waals surface area contributed by atoms with Gasteiger partial charge < -0.3 is 9.80 Å². The second-order valence-electron chi connectivity index (χ2n) is 13.9. The number of aryl methyl sites for hydroxylation is 10. The Labute approximate surface area is 288 Å². The van der Waals surface area contributed by atoms with E-state index in [2.05, 4.69) is 187 Å². The largest absolute Gasteiger partial charge is 0.310 e. The van der Waals surface area contributed by atoms with Crippen LogP contribution in [0.2, 0.25) is 0 Å². The van der Waals surface area contributed by atoms with Crippen LogP contribution in [0.3, 0.4) is 0 Å². The molecule has 0 radical (unpaired) electrons. The van der Waals surface area contributed by atoms with E-state index in [4.69, 9.17) is 0 Å². The number of hydrogen-bond donors (Lipinski definition) is 0. The van der Waals surface area contributed by atoms with Crippen molar-refractivity contribution < 1.29 is 0 Å². The molecule has 0 spiro atoms. The predicted octanol–water partition coefficient (Wildman–Crippen LogP) is 12.9. The van der Waals surface area contributed by atoms with Crippen molar-refractivity contribution in [1.29, 1.82) is 0 Å². The van der Waals surface area contributed by atoms with Gasteiger partial charge in [-0.1, -0.05) is 48.5 Å². The normalized spacial score (nSPS) is 11.1. The summed E-state index contributed by atoms with van der Waals surface area (Å²) in [6, 6.07) is 45.5. The van der Waals surface area contributed by atoms with Crippen molar-refractivity contribution in [3.8, 4) is 0 Å². The molecule has 6 aromatic rings. The molecule has 6 aromatic carbocycles. The van der Waals surface area contributed by atoms with Gasteiger partial charge in [0.15, 0.2) is 0 Å². The van der Waals surface area contributed by atoms with E-state index >= 15 is 0 Å². The first-order chi connectivity index (χ1) is 23.0. The number of benzene rings is 6. The van der Waals surface area contributed by atoms with Crippen molar-refractivity contribution in [1.82, 2.24) is 0 Å². The first kappa shape index (κ1) is 32.8. The molecule has 242 valence electrons. The smallest absolute Gasteiger partial charge is 0.0466 e. The molecule has 0 aliphatic carbocycles. The second-order valence-corrected chi connectivity index (χ2v) is 13.9. The molecule has 0 aliphatic rings. The van der Waals surface area contributed by atoms with E-state index in [0.29, 0.717) is 0 Å². The Morgan fingerprint density at radius 3 is 0.688 bits per heavy atom. The maximum Gasteiger partial charge on any atom is 0.0466 e. The lowest BCUT2D eigenvalue weighted by Crippen LogP contribution is -2.11. The summed E-state index contributed by atoms with van der Waals surface area (Å²) in [4.78, 5) is 4.78. The average Bonchev–Trinajstić information content (AvgIpc) is 3.00. The van der Waals surface area contributed by atoms with Gasteiger partial charge in [-0.15, -0.1) is 0 Å². The number of nitrogens with zero attached hydrogens (tertiary/aromatic N) is 2. The Kier molecular flexibility index (Phi) is 9.55. The third kappa shape index (κ3) is 7.72. The molecule has 0 fully saturated rings. The summed E-state index contributed by atoms with van der Waals surface area (Å²) in [5.74, 6) is 0. The van der Waals surface area contributed by atoms with Crippen molar-refractivity contribution in [3.05, 3.63) is 177 Å². The quantitative estimate of drug-likeness (QED) is 0.157. The maximum atomic E-state index is 2.39. The molecule has 6 rings (SSSR count). The van der Waals surface area contributed by atoms with Gasteiger partial charge in [-0.3, -0.25) is 0 Å². The van der Waals surface area contributed by atoms with Crippen LogP contribution in [0, 0.1) is 55.4 Å². The van der Waals surface area contributed by atoms with Crippen LogP contribution in [0.15, 0.2) is 121 Å². The second kappa shape index (κ2) is 14.0. The highest BCUT2D eigenvalue weighted by Crippen LogP contribution is 2.38. The first-order valence-electron chi connectivity index (χ1n) is 17.1. The van der Waals surface area contributed by atoms with Crippen LogP contribution < -0.4 is 9.80 Å². The average molecular weight is 629 g/mol. The van der Waals surface area contributed by atoms with Crippen LogP contribution in [0.1, 0.15) is 55.6 Å². The Bertz CT molecular complexity index is 1720. The van der Waals surface area contributed by atoms with Gasteiger partial charge in [0.25, 0.3) is 0 Å². The fourth-order valence-electron chi connectivity index (χ4n) is 7.13. The zero-order valence-corrected chi connectivity index (χ0v) is 29.9. The Hall–Kier alpha value is -5.08. The molecule has 48 heavy (non-hydrogen) atoms. The van der Waals surface area contributed by atoms with Crippen LogP contribution in [0.25, 0.3) is 0 Å². The van der Waals surface area contributed by atoms with Gasteiger partial charge in [0, 0.05) is 34.1 Å². The van der Waals surface area contributed by atoms with Crippen molar-refractivity contribution in [2.24, 2.45) is 0 Å². The van der Waals surface area contributed by atoms with Crippen molar-refractivity contribution in [2.45, 2.75) is 68.2 Å². The number of hydrogen-bond acceptors (Lipinski definition) is 2. The van der Waals surface area contributed by atoms with Gasteiger partial charge in [0.05, 0.1) is 0 Å². The van der Waals surface area contributed by atoms with Gasteiger partial charge in [0.1, 0.15) is 0 Å². The van der Waals surface area contributed by atoms with Gasteiger partial charge in [0.2, 0.25) is 0 Å². The fourth-order valence-corrected chi connectivity index (χ4v) is 7.13. The SMILES string of the molecule is Cc1cc(C)cc(N(c2ccc(CCc3ccc(N(c4cc(C)cc(C)c4)c4cc(C)cc(C)c4)cc3)cc2)c2cc(C)cc(C)c2)c1. The fraction of sp³-hybridized carbons (Fsp3) is 0.217. The van der Waals surface area contributed by atoms with Crippen LogP contribution >= 0.6 is 0 Å². The summed E-state index contributed by atoms with van der Waals surface area (Å²) >= 11 is 0. The highest BCUT2D eigenvalue weighted by molar-refractivity contribution is 5.79. The standard InChI is InChI=1S/C46H48N2/c1-31-19-32(2)24-43(23-31)47(44-25-33(3)20-34(4)26-44)41-15-11-39(12-16-41)9-10-40-13-17-42(18-14-40)48(45-27-35(5)21-36(6)28-45)46-29-37(7)22-38(8)30-46/h11-30H,9-10H2,1-8H3. The zero-order valence-electron chi connectivity index (χ0n) is 29.9. The van der Waals surface area contributed by atoms with Crippen molar-refractivity contribution in [2.75, 3.05) is 9.80 Å². The van der Waals surface area contributed by atoms with E-state index in [9.17, 15) is 0 Å². The zero-order chi connectivity index (χ0) is 33.9. The molecule has 2 nitrogen and oxygen atoms in total. The summed E-state index contributed by atoms with van der Waals surface area (Å²) < 4.78 is 0. The minimum absolute atomic E-state index is 0.991. The molecule has 0 atom stereocenters. The third-order valence-electron chi connectivity index (χ3n) is 8.95. The molecule has 0 saturated heterocycles. The van der Waals surface area contributed by atoms with E-state index in [1.165, 1.54) is 89.8 Å². The lowest BCUT2D eigenvalue weighted by atomic mass is 10.0. The summed E-state index contributed by atoms with van der Waals surface area (Å²) in [5.41, 5.74) is 20.0. The molecule has 0 bridgehead atoms. The van der Waals surface area contributed by atoms with Crippen LogP contribution in [0.4, 0.5) is 34.1 Å². The van der Waals surface area contributed by atoms with Crippen molar-refractivity contribution >= 4 is 34.1 Å². The Balaban J connectivity index is 1.23. The topological polar surface area (TPSA) is 6.48 Å². The summed E-state index contributed by atoms with van der Waals surface area (Å²) in [6.45, 7) is 17.4. The lowest BCUT2D eigenvalue weighted by molar-refractivity contribution is 0.959. The minimum Gasteiger partial charge on any atom is -0.310 e. The summed E-state index contributed by atoms with van der Waals surface area (Å²) in [6.07, 6.45) is 1.98. The minimum atomic E-state index is 0.991. The van der Waals surface area contributed by atoms with E-state index in [1.807, 2.05) is 0 Å². The molecule has 0 aliphatic heterocycles. The molecule has 0 aromatic heterocycles.